The van der Waals surface area contributed by atoms with Gasteiger partial charge in [-0.05, 0) is 48.2 Å². The Kier molecular flexibility index (Phi) is 6.77. The molecular weight excluding hydrogens is 409 g/mol. The fourth-order valence-electron chi connectivity index (χ4n) is 3.46. The Morgan fingerprint density at radius 3 is 2.45 bits per heavy atom. The summed E-state index contributed by atoms with van der Waals surface area (Å²) >= 11 is 0. The number of aliphatic hydroxyl groups excluding tert-OH is 1. The lowest BCUT2D eigenvalue weighted by Crippen LogP contribution is -2.54. The summed E-state index contributed by atoms with van der Waals surface area (Å²) in [7, 11) is 0. The first kappa shape index (κ1) is 22.5. The van der Waals surface area contributed by atoms with E-state index in [4.69, 9.17) is 9.47 Å². The first-order valence-electron chi connectivity index (χ1n) is 9.89. The van der Waals surface area contributed by atoms with Gasteiger partial charge in [0.05, 0.1) is 6.10 Å². The number of hydrogen-bond acceptors (Lipinski definition) is 6. The Morgan fingerprint density at radius 1 is 1.10 bits per heavy atom. The number of ether oxygens (including phenoxy) is 2. The number of carbonyl (C=O) groups is 2. The summed E-state index contributed by atoms with van der Waals surface area (Å²) in [6.07, 6.45) is 1.31. The minimum absolute atomic E-state index is 0.0303. The highest BCUT2D eigenvalue weighted by Crippen LogP contribution is 2.40. The zero-order valence-corrected chi connectivity index (χ0v) is 16.9. The molecule has 1 aliphatic heterocycles. The van der Waals surface area contributed by atoms with Crippen molar-refractivity contribution in [3.8, 4) is 11.5 Å². The van der Waals surface area contributed by atoms with Crippen molar-refractivity contribution in [3.05, 3.63) is 59.4 Å². The van der Waals surface area contributed by atoms with Crippen LogP contribution in [0.1, 0.15) is 37.0 Å². The standard InChI is InChI=1S/C22H24FNO7/c1-2-4-16(24-12-17(25)14-5-3-6-15(23)11-14)9-13-7-8-18-19(10-13)31-22(30-18,20(26)27)21(28)29/h3,5-8,10-11,16-17,24-25H,2,4,9,12H2,1H3,(H,26,27)(H,28,29). The van der Waals surface area contributed by atoms with Crippen molar-refractivity contribution in [2.45, 2.75) is 44.1 Å². The van der Waals surface area contributed by atoms with Crippen molar-refractivity contribution in [3.63, 3.8) is 0 Å². The molecule has 1 aliphatic rings. The van der Waals surface area contributed by atoms with E-state index in [9.17, 15) is 29.3 Å². The fraction of sp³-hybridized carbons (Fsp3) is 0.364. The predicted molar refractivity (Wildman–Crippen MR) is 107 cm³/mol. The van der Waals surface area contributed by atoms with Gasteiger partial charge in [0.1, 0.15) is 5.82 Å². The maximum absolute atomic E-state index is 13.4. The van der Waals surface area contributed by atoms with Gasteiger partial charge >= 0.3 is 17.7 Å². The van der Waals surface area contributed by atoms with Crippen LogP contribution in [0.3, 0.4) is 0 Å². The van der Waals surface area contributed by atoms with Crippen LogP contribution in [0.4, 0.5) is 4.39 Å². The van der Waals surface area contributed by atoms with Gasteiger partial charge in [0.15, 0.2) is 11.5 Å². The number of halogens is 1. The van der Waals surface area contributed by atoms with Crippen molar-refractivity contribution in [2.24, 2.45) is 0 Å². The summed E-state index contributed by atoms with van der Waals surface area (Å²) in [5.41, 5.74) is 1.25. The molecule has 2 aromatic carbocycles. The summed E-state index contributed by atoms with van der Waals surface area (Å²) in [5, 5.41) is 32.1. The van der Waals surface area contributed by atoms with E-state index in [0.29, 0.717) is 12.0 Å². The van der Waals surface area contributed by atoms with Crippen LogP contribution in [-0.4, -0.2) is 45.6 Å². The summed E-state index contributed by atoms with van der Waals surface area (Å²) in [6, 6.07) is 10.5. The molecule has 0 bridgehead atoms. The average Bonchev–Trinajstić information content (AvgIpc) is 3.12. The normalized spacial score (nSPS) is 16.0. The molecule has 0 saturated carbocycles. The van der Waals surface area contributed by atoms with Gasteiger partial charge in [-0.2, -0.15) is 0 Å². The lowest BCUT2D eigenvalue weighted by Gasteiger charge is -2.21. The van der Waals surface area contributed by atoms with Crippen LogP contribution in [0, 0.1) is 5.82 Å². The quantitative estimate of drug-likeness (QED) is 0.421. The van der Waals surface area contributed by atoms with Gasteiger partial charge in [0, 0.05) is 12.6 Å². The number of benzene rings is 2. The van der Waals surface area contributed by atoms with Crippen molar-refractivity contribution in [1.29, 1.82) is 0 Å². The second-order valence-electron chi connectivity index (χ2n) is 7.38. The summed E-state index contributed by atoms with van der Waals surface area (Å²) in [6.45, 7) is 2.24. The molecule has 9 heteroatoms. The molecule has 4 N–H and O–H groups in total. The molecule has 0 spiro atoms. The molecule has 1 heterocycles. The summed E-state index contributed by atoms with van der Waals surface area (Å²) in [4.78, 5) is 22.8. The molecule has 31 heavy (non-hydrogen) atoms. The molecular formula is C22H24FNO7. The monoisotopic (exact) mass is 433 g/mol. The van der Waals surface area contributed by atoms with Gasteiger partial charge in [0.2, 0.25) is 0 Å². The van der Waals surface area contributed by atoms with E-state index in [1.165, 1.54) is 24.3 Å². The minimum atomic E-state index is -2.79. The second kappa shape index (κ2) is 9.32. The van der Waals surface area contributed by atoms with Gasteiger partial charge in [-0.3, -0.25) is 0 Å². The minimum Gasteiger partial charge on any atom is -0.475 e. The first-order chi connectivity index (χ1) is 14.7. The highest BCUT2D eigenvalue weighted by atomic mass is 19.1. The number of hydrogen-bond donors (Lipinski definition) is 4. The molecule has 0 aliphatic carbocycles. The second-order valence-corrected chi connectivity index (χ2v) is 7.38. The molecule has 0 saturated heterocycles. The Bertz CT molecular complexity index is 951. The third-order valence-corrected chi connectivity index (χ3v) is 5.03. The average molecular weight is 433 g/mol. The van der Waals surface area contributed by atoms with Crippen LogP contribution >= 0.6 is 0 Å². The first-order valence-corrected chi connectivity index (χ1v) is 9.89. The topological polar surface area (TPSA) is 125 Å². The fourth-order valence-corrected chi connectivity index (χ4v) is 3.46. The smallest absolute Gasteiger partial charge is 0.453 e. The number of aliphatic hydroxyl groups is 1. The summed E-state index contributed by atoms with van der Waals surface area (Å²) in [5.74, 6) is -6.64. The van der Waals surface area contributed by atoms with E-state index in [0.717, 1.165) is 18.4 Å². The number of fused-ring (bicyclic) bond motifs is 1. The molecule has 0 aromatic heterocycles. The molecule has 2 aromatic rings. The van der Waals surface area contributed by atoms with E-state index in [-0.39, 0.29) is 24.1 Å². The molecule has 0 amide bonds. The SMILES string of the molecule is CCCC(Cc1ccc2c(c1)OC(C(=O)O)(C(=O)O)O2)NCC(O)c1cccc(F)c1. The zero-order chi connectivity index (χ0) is 22.6. The molecule has 2 atom stereocenters. The van der Waals surface area contributed by atoms with Crippen molar-refractivity contribution in [1.82, 2.24) is 5.32 Å². The lowest BCUT2D eigenvalue weighted by molar-refractivity contribution is -0.194. The van der Waals surface area contributed by atoms with Crippen LogP contribution in [0.5, 0.6) is 11.5 Å². The number of carboxylic acid groups (broad SMARTS) is 2. The predicted octanol–water partition coefficient (Wildman–Crippen LogP) is 2.50. The number of carboxylic acids is 2. The highest BCUT2D eigenvalue weighted by molar-refractivity contribution is 6.01. The van der Waals surface area contributed by atoms with E-state index in [1.807, 2.05) is 6.92 Å². The number of rotatable bonds is 10. The Labute approximate surface area is 178 Å². The van der Waals surface area contributed by atoms with E-state index < -0.39 is 29.6 Å². The van der Waals surface area contributed by atoms with Gasteiger partial charge < -0.3 is 30.1 Å². The van der Waals surface area contributed by atoms with Crippen molar-refractivity contribution >= 4 is 11.9 Å². The van der Waals surface area contributed by atoms with E-state index >= 15 is 0 Å². The van der Waals surface area contributed by atoms with E-state index in [2.05, 4.69) is 5.32 Å². The lowest BCUT2D eigenvalue weighted by atomic mass is 10.0. The third kappa shape index (κ3) is 4.95. The molecule has 0 radical (unpaired) electrons. The molecule has 2 unspecified atom stereocenters. The third-order valence-electron chi connectivity index (χ3n) is 5.03. The molecule has 166 valence electrons. The maximum Gasteiger partial charge on any atom is 0.453 e. The van der Waals surface area contributed by atoms with Crippen molar-refractivity contribution in [2.75, 3.05) is 6.54 Å². The summed E-state index contributed by atoms with van der Waals surface area (Å²) < 4.78 is 23.6. The van der Waals surface area contributed by atoms with Gasteiger partial charge in [-0.1, -0.05) is 31.5 Å². The largest absolute Gasteiger partial charge is 0.475 e. The Morgan fingerprint density at radius 2 is 1.81 bits per heavy atom. The number of aliphatic carboxylic acids is 2. The van der Waals surface area contributed by atoms with Crippen LogP contribution < -0.4 is 14.8 Å². The van der Waals surface area contributed by atoms with Crippen LogP contribution in [0.2, 0.25) is 0 Å². The Balaban J connectivity index is 1.68. The Hall–Kier alpha value is -3.17. The zero-order valence-electron chi connectivity index (χ0n) is 16.9. The maximum atomic E-state index is 13.4. The molecule has 8 nitrogen and oxygen atoms in total. The van der Waals surface area contributed by atoms with E-state index in [1.54, 1.807) is 18.2 Å². The van der Waals surface area contributed by atoms with Crippen LogP contribution in [0.25, 0.3) is 0 Å². The molecule has 0 fully saturated rings. The van der Waals surface area contributed by atoms with Gasteiger partial charge in [-0.15, -0.1) is 0 Å². The molecule has 3 rings (SSSR count). The van der Waals surface area contributed by atoms with Gasteiger partial charge in [-0.25, -0.2) is 14.0 Å². The number of nitrogens with one attached hydrogen (secondary N) is 1. The van der Waals surface area contributed by atoms with Gasteiger partial charge in [0.25, 0.3) is 0 Å². The van der Waals surface area contributed by atoms with Crippen molar-refractivity contribution < 1.29 is 38.8 Å². The van der Waals surface area contributed by atoms with Crippen LogP contribution in [-0.2, 0) is 16.0 Å². The van der Waals surface area contributed by atoms with Crippen LogP contribution in [0.15, 0.2) is 42.5 Å². The highest BCUT2D eigenvalue weighted by Gasteiger charge is 2.57.